The van der Waals surface area contributed by atoms with E-state index in [1.54, 1.807) is 0 Å². The van der Waals surface area contributed by atoms with Crippen molar-refractivity contribution in [2.75, 3.05) is 11.5 Å². The topological polar surface area (TPSA) is 52.0 Å². The number of benzene rings is 4. The van der Waals surface area contributed by atoms with Crippen molar-refractivity contribution in [3.05, 3.63) is 130 Å². The Kier molecular flexibility index (Phi) is 21.2. The molecule has 4 N–H and O–H groups in total. The summed E-state index contributed by atoms with van der Waals surface area (Å²) in [6.45, 7) is 6.90. The molecule has 0 aliphatic rings. The smallest absolute Gasteiger partial charge is 0.0314 e. The number of nitrogen functional groups attached to an aromatic ring is 2. The van der Waals surface area contributed by atoms with Crippen LogP contribution in [-0.2, 0) is 0 Å². The SMILES string of the molecule is CCCCCCCCCC(c1ccc(N)cc1)c1ccc(C(CCCCCCCC)c2ccc(C(CCCCCCCCC)c3ccc(N)cc3)cc2)cc1. The van der Waals surface area contributed by atoms with Crippen molar-refractivity contribution in [3.8, 4) is 0 Å². The fourth-order valence-corrected chi connectivity index (χ4v) is 8.70. The summed E-state index contributed by atoms with van der Waals surface area (Å²) in [5, 5.41) is 0. The van der Waals surface area contributed by atoms with Gasteiger partial charge < -0.3 is 11.5 Å². The van der Waals surface area contributed by atoms with Crippen LogP contribution in [0.15, 0.2) is 97.1 Å². The summed E-state index contributed by atoms with van der Waals surface area (Å²) in [4.78, 5) is 0. The summed E-state index contributed by atoms with van der Waals surface area (Å²) < 4.78 is 0. The Balaban J connectivity index is 1.53. The number of rotatable bonds is 29. The van der Waals surface area contributed by atoms with Crippen molar-refractivity contribution in [3.63, 3.8) is 0 Å². The number of unbranched alkanes of at least 4 members (excludes halogenated alkanes) is 17. The highest BCUT2D eigenvalue weighted by atomic mass is 14.5. The molecule has 0 spiro atoms. The monoisotopic (exact) mass is 743 g/mol. The molecule has 0 heterocycles. The van der Waals surface area contributed by atoms with Gasteiger partial charge in [0.1, 0.15) is 0 Å². The van der Waals surface area contributed by atoms with E-state index in [2.05, 4.69) is 118 Å². The summed E-state index contributed by atoms with van der Waals surface area (Å²) in [7, 11) is 0. The maximum atomic E-state index is 6.13. The van der Waals surface area contributed by atoms with Crippen LogP contribution in [0.3, 0.4) is 0 Å². The average molecular weight is 743 g/mol. The molecule has 2 heteroatoms. The molecular weight excluding hydrogens is 665 g/mol. The molecule has 2 atom stereocenters. The molecule has 0 amide bonds. The molecule has 0 aliphatic carbocycles. The standard InChI is InChI=1S/C53H78N2/c1-4-7-10-13-16-19-22-25-52(47-35-39-49(54)40-36-47)45-31-27-43(28-32-45)51(24-21-18-15-12-9-6-3)44-29-33-46(34-30-44)53(48-37-41-50(55)42-38-48)26-23-20-17-14-11-8-5-2/h27-42,51-53H,4-26,54-55H2,1-3H3. The van der Waals surface area contributed by atoms with Gasteiger partial charge in [0.2, 0.25) is 0 Å². The Bertz CT molecular complexity index is 1410. The Labute approximate surface area is 338 Å². The van der Waals surface area contributed by atoms with E-state index >= 15 is 0 Å². The zero-order valence-corrected chi connectivity index (χ0v) is 35.4. The van der Waals surface area contributed by atoms with Crippen LogP contribution < -0.4 is 11.5 Å². The summed E-state index contributed by atoms with van der Waals surface area (Å²) in [6.07, 6.45) is 30.3. The van der Waals surface area contributed by atoms with E-state index in [0.29, 0.717) is 17.8 Å². The van der Waals surface area contributed by atoms with Gasteiger partial charge in [-0.3, -0.25) is 0 Å². The lowest BCUT2D eigenvalue weighted by atomic mass is 9.81. The Morgan fingerprint density at radius 2 is 0.455 bits per heavy atom. The van der Waals surface area contributed by atoms with Crippen LogP contribution in [0.1, 0.15) is 220 Å². The molecule has 300 valence electrons. The van der Waals surface area contributed by atoms with Crippen molar-refractivity contribution in [2.24, 2.45) is 0 Å². The van der Waals surface area contributed by atoms with E-state index in [9.17, 15) is 0 Å². The van der Waals surface area contributed by atoms with Gasteiger partial charge in [-0.2, -0.15) is 0 Å². The molecule has 0 radical (unpaired) electrons. The van der Waals surface area contributed by atoms with Gasteiger partial charge in [-0.25, -0.2) is 0 Å². The molecule has 0 aliphatic heterocycles. The summed E-state index contributed by atoms with van der Waals surface area (Å²) >= 11 is 0. The van der Waals surface area contributed by atoms with Crippen LogP contribution in [0.4, 0.5) is 11.4 Å². The molecule has 0 bridgehead atoms. The molecule has 2 nitrogen and oxygen atoms in total. The quantitative estimate of drug-likeness (QED) is 0.0430. The third-order valence-corrected chi connectivity index (χ3v) is 12.2. The van der Waals surface area contributed by atoms with Crippen LogP contribution in [0.25, 0.3) is 0 Å². The normalized spacial score (nSPS) is 13.1. The minimum absolute atomic E-state index is 0.406. The first-order valence-electron chi connectivity index (χ1n) is 22.9. The summed E-state index contributed by atoms with van der Waals surface area (Å²) in [5.41, 5.74) is 22.5. The Morgan fingerprint density at radius 3 is 0.673 bits per heavy atom. The molecule has 4 aromatic rings. The first-order chi connectivity index (χ1) is 27.0. The molecule has 0 fully saturated rings. The predicted octanol–water partition coefficient (Wildman–Crippen LogP) is 16.3. The van der Waals surface area contributed by atoms with E-state index in [1.807, 2.05) is 0 Å². The van der Waals surface area contributed by atoms with Crippen LogP contribution >= 0.6 is 0 Å². The van der Waals surface area contributed by atoms with Crippen LogP contribution in [0.5, 0.6) is 0 Å². The lowest BCUT2D eigenvalue weighted by molar-refractivity contribution is 0.557. The largest absolute Gasteiger partial charge is 0.399 e. The van der Waals surface area contributed by atoms with Crippen LogP contribution in [-0.4, -0.2) is 0 Å². The number of hydrogen-bond donors (Lipinski definition) is 2. The number of nitrogens with two attached hydrogens (primary N) is 2. The van der Waals surface area contributed by atoms with Gasteiger partial charge >= 0.3 is 0 Å². The van der Waals surface area contributed by atoms with E-state index < -0.39 is 0 Å². The average Bonchev–Trinajstić information content (AvgIpc) is 3.21. The minimum Gasteiger partial charge on any atom is -0.399 e. The Morgan fingerprint density at radius 1 is 0.273 bits per heavy atom. The molecule has 4 aromatic carbocycles. The van der Waals surface area contributed by atoms with Gasteiger partial charge in [0, 0.05) is 29.1 Å². The second-order valence-corrected chi connectivity index (χ2v) is 16.7. The molecular formula is C53H78N2. The lowest BCUT2D eigenvalue weighted by Gasteiger charge is -2.23. The van der Waals surface area contributed by atoms with Crippen molar-refractivity contribution in [1.29, 1.82) is 0 Å². The van der Waals surface area contributed by atoms with Gasteiger partial charge in [0.25, 0.3) is 0 Å². The zero-order valence-electron chi connectivity index (χ0n) is 35.4. The van der Waals surface area contributed by atoms with Crippen molar-refractivity contribution in [1.82, 2.24) is 0 Å². The van der Waals surface area contributed by atoms with Crippen molar-refractivity contribution < 1.29 is 0 Å². The zero-order chi connectivity index (χ0) is 38.9. The van der Waals surface area contributed by atoms with Gasteiger partial charge in [-0.15, -0.1) is 0 Å². The van der Waals surface area contributed by atoms with E-state index in [4.69, 9.17) is 11.5 Å². The first kappa shape index (κ1) is 44.2. The summed E-state index contributed by atoms with van der Waals surface area (Å²) in [6, 6.07) is 36.9. The second kappa shape index (κ2) is 26.4. The molecule has 4 rings (SSSR count). The van der Waals surface area contributed by atoms with Gasteiger partial charge in [0.05, 0.1) is 0 Å². The Hall–Kier alpha value is -3.52. The van der Waals surface area contributed by atoms with Gasteiger partial charge in [-0.05, 0) is 76.9 Å². The highest BCUT2D eigenvalue weighted by Gasteiger charge is 2.20. The number of anilines is 2. The summed E-state index contributed by atoms with van der Waals surface area (Å²) in [5.74, 6) is 1.22. The van der Waals surface area contributed by atoms with Gasteiger partial charge in [0.15, 0.2) is 0 Å². The fraction of sp³-hybridized carbons (Fsp3) is 0.547. The minimum atomic E-state index is 0.406. The highest BCUT2D eigenvalue weighted by Crippen LogP contribution is 2.37. The molecule has 0 saturated carbocycles. The number of hydrogen-bond acceptors (Lipinski definition) is 2. The lowest BCUT2D eigenvalue weighted by Crippen LogP contribution is -2.06. The third-order valence-electron chi connectivity index (χ3n) is 12.2. The molecule has 55 heavy (non-hydrogen) atoms. The second-order valence-electron chi connectivity index (χ2n) is 16.7. The highest BCUT2D eigenvalue weighted by molar-refractivity contribution is 5.45. The van der Waals surface area contributed by atoms with E-state index in [1.165, 1.54) is 181 Å². The molecule has 2 unspecified atom stereocenters. The first-order valence-corrected chi connectivity index (χ1v) is 22.9. The maximum absolute atomic E-state index is 6.13. The fourth-order valence-electron chi connectivity index (χ4n) is 8.70. The van der Waals surface area contributed by atoms with Crippen molar-refractivity contribution >= 4 is 11.4 Å². The maximum Gasteiger partial charge on any atom is 0.0314 e. The van der Waals surface area contributed by atoms with E-state index in [-0.39, 0.29) is 0 Å². The molecule has 0 aromatic heterocycles. The van der Waals surface area contributed by atoms with Crippen LogP contribution in [0.2, 0.25) is 0 Å². The predicted molar refractivity (Wildman–Crippen MR) is 243 cm³/mol. The molecule has 0 saturated heterocycles. The van der Waals surface area contributed by atoms with Crippen molar-refractivity contribution in [2.45, 2.75) is 186 Å². The van der Waals surface area contributed by atoms with Gasteiger partial charge in [-0.1, -0.05) is 222 Å². The van der Waals surface area contributed by atoms with E-state index in [0.717, 1.165) is 11.4 Å². The third kappa shape index (κ3) is 15.9. The van der Waals surface area contributed by atoms with Crippen LogP contribution in [0, 0.1) is 0 Å².